The summed E-state index contributed by atoms with van der Waals surface area (Å²) in [5, 5.41) is 2.96. The summed E-state index contributed by atoms with van der Waals surface area (Å²) in [6.07, 6.45) is 1.69. The monoisotopic (exact) mass is 357 g/mol. The van der Waals surface area contributed by atoms with Gasteiger partial charge in [-0.2, -0.15) is 0 Å². The Bertz CT molecular complexity index is 1090. The minimum absolute atomic E-state index is 0.109. The Morgan fingerprint density at radius 1 is 1.04 bits per heavy atom. The van der Waals surface area contributed by atoms with Crippen molar-refractivity contribution in [3.05, 3.63) is 79.1 Å². The minimum atomic E-state index is -0.109. The molecule has 1 heterocycles. The van der Waals surface area contributed by atoms with Gasteiger partial charge in [0, 0.05) is 11.3 Å². The number of benzene rings is 3. The summed E-state index contributed by atoms with van der Waals surface area (Å²) in [5.74, 6) is 0.655. The highest BCUT2D eigenvalue weighted by Crippen LogP contribution is 2.32. The molecule has 0 radical (unpaired) electrons. The van der Waals surface area contributed by atoms with E-state index in [1.807, 2.05) is 77.4 Å². The van der Waals surface area contributed by atoms with E-state index in [9.17, 15) is 4.79 Å². The van der Waals surface area contributed by atoms with Gasteiger partial charge in [-0.05, 0) is 35.9 Å². The maximum Gasteiger partial charge on any atom is 0.244 e. The maximum absolute atomic E-state index is 12.5. The number of rotatable bonds is 5. The fraction of sp³-hybridized carbons (Fsp3) is 0.0909. The number of fused-ring (bicyclic) bond motifs is 1. The van der Waals surface area contributed by atoms with Crippen LogP contribution >= 0.6 is 0 Å². The summed E-state index contributed by atoms with van der Waals surface area (Å²) in [4.78, 5) is 16.9. The van der Waals surface area contributed by atoms with Gasteiger partial charge in [-0.25, -0.2) is 4.98 Å². The first-order chi connectivity index (χ1) is 13.2. The van der Waals surface area contributed by atoms with Crippen molar-refractivity contribution in [2.45, 2.75) is 6.54 Å². The summed E-state index contributed by atoms with van der Waals surface area (Å²) in [6, 6.07) is 23.3. The van der Waals surface area contributed by atoms with Gasteiger partial charge in [0.05, 0.1) is 24.5 Å². The van der Waals surface area contributed by atoms with Crippen LogP contribution in [-0.4, -0.2) is 22.6 Å². The van der Waals surface area contributed by atoms with Gasteiger partial charge in [-0.1, -0.05) is 42.5 Å². The molecule has 3 aromatic carbocycles. The first-order valence-corrected chi connectivity index (χ1v) is 8.68. The summed E-state index contributed by atoms with van der Waals surface area (Å²) in [6.45, 7) is 0.202. The lowest BCUT2D eigenvalue weighted by atomic mass is 10.0. The zero-order chi connectivity index (χ0) is 18.6. The molecule has 0 atom stereocenters. The molecular formula is C22H19N3O2. The highest BCUT2D eigenvalue weighted by atomic mass is 16.5. The van der Waals surface area contributed by atoms with Crippen LogP contribution in [0.1, 0.15) is 0 Å². The number of carbonyl (C=O) groups excluding carboxylic acids is 1. The lowest BCUT2D eigenvalue weighted by Gasteiger charge is -2.12. The number of para-hydroxylation sites is 2. The Kier molecular flexibility index (Phi) is 4.58. The number of anilines is 1. The number of hydrogen-bond donors (Lipinski definition) is 1. The van der Waals surface area contributed by atoms with Crippen molar-refractivity contribution >= 4 is 22.6 Å². The molecule has 5 nitrogen and oxygen atoms in total. The number of ether oxygens (including phenoxy) is 1. The van der Waals surface area contributed by atoms with Crippen molar-refractivity contribution < 1.29 is 9.53 Å². The van der Waals surface area contributed by atoms with Crippen molar-refractivity contribution in [3.63, 3.8) is 0 Å². The van der Waals surface area contributed by atoms with Crippen LogP contribution in [0.2, 0.25) is 0 Å². The number of amides is 1. The number of hydrogen-bond acceptors (Lipinski definition) is 3. The number of imidazole rings is 1. The molecule has 27 heavy (non-hydrogen) atoms. The minimum Gasteiger partial charge on any atom is -0.496 e. The number of methoxy groups -OCH3 is 1. The molecule has 0 bridgehead atoms. The highest BCUT2D eigenvalue weighted by molar-refractivity contribution is 5.92. The third-order valence-electron chi connectivity index (χ3n) is 4.41. The molecule has 0 aliphatic rings. The Balaban J connectivity index is 1.56. The average molecular weight is 357 g/mol. The molecule has 0 saturated heterocycles. The van der Waals surface area contributed by atoms with E-state index in [4.69, 9.17) is 4.74 Å². The van der Waals surface area contributed by atoms with Crippen LogP contribution in [-0.2, 0) is 11.3 Å². The van der Waals surface area contributed by atoms with E-state index >= 15 is 0 Å². The highest BCUT2D eigenvalue weighted by Gasteiger charge is 2.10. The van der Waals surface area contributed by atoms with E-state index in [0.29, 0.717) is 0 Å². The molecule has 134 valence electrons. The predicted octanol–water partition coefficient (Wildman–Crippen LogP) is 4.35. The molecule has 0 aliphatic carbocycles. The van der Waals surface area contributed by atoms with Gasteiger partial charge in [0.1, 0.15) is 12.3 Å². The van der Waals surface area contributed by atoms with Crippen molar-refractivity contribution in [1.82, 2.24) is 9.55 Å². The lowest BCUT2D eigenvalue weighted by Crippen LogP contribution is -2.18. The molecule has 0 unspecified atom stereocenters. The Labute approximate surface area is 157 Å². The predicted molar refractivity (Wildman–Crippen MR) is 107 cm³/mol. The van der Waals surface area contributed by atoms with Gasteiger partial charge in [0.2, 0.25) is 5.91 Å². The van der Waals surface area contributed by atoms with Gasteiger partial charge in [-0.15, -0.1) is 0 Å². The van der Waals surface area contributed by atoms with Crippen LogP contribution < -0.4 is 10.1 Å². The van der Waals surface area contributed by atoms with Crippen LogP contribution in [0.3, 0.4) is 0 Å². The fourth-order valence-electron chi connectivity index (χ4n) is 3.12. The van der Waals surface area contributed by atoms with Crippen molar-refractivity contribution in [2.24, 2.45) is 0 Å². The van der Waals surface area contributed by atoms with Gasteiger partial charge in [0.15, 0.2) is 0 Å². The fourth-order valence-corrected chi connectivity index (χ4v) is 3.12. The van der Waals surface area contributed by atoms with Gasteiger partial charge >= 0.3 is 0 Å². The number of nitrogens with one attached hydrogen (secondary N) is 1. The SMILES string of the molecule is COc1ccc(NC(=O)Cn2cnc3ccccc32)cc1-c1ccccc1. The van der Waals surface area contributed by atoms with E-state index in [-0.39, 0.29) is 12.5 Å². The van der Waals surface area contributed by atoms with E-state index in [1.54, 1.807) is 13.4 Å². The first kappa shape index (κ1) is 16.8. The Morgan fingerprint density at radius 3 is 2.63 bits per heavy atom. The molecule has 0 spiro atoms. The van der Waals surface area contributed by atoms with Crippen LogP contribution in [0.4, 0.5) is 5.69 Å². The summed E-state index contributed by atoms with van der Waals surface area (Å²) < 4.78 is 7.31. The standard InChI is InChI=1S/C22H19N3O2/c1-27-21-12-11-17(13-18(21)16-7-3-2-4-8-16)24-22(26)14-25-15-23-19-9-5-6-10-20(19)25/h2-13,15H,14H2,1H3,(H,24,26). The Hall–Kier alpha value is -3.60. The zero-order valence-electron chi connectivity index (χ0n) is 14.9. The molecule has 1 aromatic heterocycles. The topological polar surface area (TPSA) is 56.1 Å². The lowest BCUT2D eigenvalue weighted by molar-refractivity contribution is -0.116. The van der Waals surface area contributed by atoms with Crippen molar-refractivity contribution in [2.75, 3.05) is 12.4 Å². The van der Waals surface area contributed by atoms with Gasteiger partial charge in [-0.3, -0.25) is 4.79 Å². The second kappa shape index (κ2) is 7.33. The van der Waals surface area contributed by atoms with E-state index in [0.717, 1.165) is 33.6 Å². The van der Waals surface area contributed by atoms with Crippen LogP contribution in [0.5, 0.6) is 5.75 Å². The van der Waals surface area contributed by atoms with Crippen molar-refractivity contribution in [3.8, 4) is 16.9 Å². The van der Waals surface area contributed by atoms with E-state index in [2.05, 4.69) is 10.3 Å². The molecule has 1 amide bonds. The maximum atomic E-state index is 12.5. The van der Waals surface area contributed by atoms with Gasteiger partial charge in [0.25, 0.3) is 0 Å². The Morgan fingerprint density at radius 2 is 1.81 bits per heavy atom. The molecule has 5 heteroatoms. The quantitative estimate of drug-likeness (QED) is 0.578. The van der Waals surface area contributed by atoms with Crippen LogP contribution in [0.15, 0.2) is 79.1 Å². The molecule has 4 aromatic rings. The molecular weight excluding hydrogens is 338 g/mol. The smallest absolute Gasteiger partial charge is 0.244 e. The average Bonchev–Trinajstić information content (AvgIpc) is 3.11. The zero-order valence-corrected chi connectivity index (χ0v) is 14.9. The third kappa shape index (κ3) is 3.53. The molecule has 0 fully saturated rings. The van der Waals surface area contributed by atoms with Gasteiger partial charge < -0.3 is 14.6 Å². The molecule has 0 saturated carbocycles. The largest absolute Gasteiger partial charge is 0.496 e. The number of aromatic nitrogens is 2. The molecule has 4 rings (SSSR count). The second-order valence-corrected chi connectivity index (χ2v) is 6.19. The summed E-state index contributed by atoms with van der Waals surface area (Å²) >= 11 is 0. The molecule has 1 N–H and O–H groups in total. The molecule has 0 aliphatic heterocycles. The van der Waals surface area contributed by atoms with Crippen LogP contribution in [0, 0.1) is 0 Å². The normalized spacial score (nSPS) is 10.7. The summed E-state index contributed by atoms with van der Waals surface area (Å²) in [7, 11) is 1.64. The first-order valence-electron chi connectivity index (χ1n) is 8.68. The number of carbonyl (C=O) groups is 1. The van der Waals surface area contributed by atoms with Crippen molar-refractivity contribution in [1.29, 1.82) is 0 Å². The third-order valence-corrected chi connectivity index (χ3v) is 4.41. The van der Waals surface area contributed by atoms with Crippen LogP contribution in [0.25, 0.3) is 22.2 Å². The van der Waals surface area contributed by atoms with E-state index < -0.39 is 0 Å². The number of nitrogens with zero attached hydrogens (tertiary/aromatic N) is 2. The van der Waals surface area contributed by atoms with E-state index in [1.165, 1.54) is 0 Å². The second-order valence-electron chi connectivity index (χ2n) is 6.19. The summed E-state index contributed by atoms with van der Waals surface area (Å²) in [5.41, 5.74) is 4.51.